The van der Waals surface area contributed by atoms with Crippen molar-refractivity contribution in [2.75, 3.05) is 0 Å². The Hall–Kier alpha value is -1.43. The van der Waals surface area contributed by atoms with Crippen LogP contribution in [0.25, 0.3) is 0 Å². The van der Waals surface area contributed by atoms with Gasteiger partial charge in [-0.25, -0.2) is 4.39 Å². The minimum absolute atomic E-state index is 0.371. The van der Waals surface area contributed by atoms with Crippen LogP contribution < -0.4 is 0 Å². The maximum Gasteiger partial charge on any atom is 0.417 e. The molecular formula is C13H8BrF4N. The van der Waals surface area contributed by atoms with Gasteiger partial charge in [0.25, 0.3) is 0 Å². The fraction of sp³-hybridized carbons (Fsp3) is 0.154. The monoisotopic (exact) mass is 333 g/mol. The fourth-order valence-electron chi connectivity index (χ4n) is 1.53. The van der Waals surface area contributed by atoms with Gasteiger partial charge in [0.15, 0.2) is 0 Å². The van der Waals surface area contributed by atoms with Gasteiger partial charge < -0.3 is 0 Å². The van der Waals surface area contributed by atoms with E-state index in [-0.39, 0.29) is 10.6 Å². The molecule has 0 fully saturated rings. The molecule has 0 saturated carbocycles. The highest BCUT2D eigenvalue weighted by atomic mass is 79.9. The lowest BCUT2D eigenvalue weighted by atomic mass is 10.1. The fourth-order valence-corrected chi connectivity index (χ4v) is 2.10. The van der Waals surface area contributed by atoms with E-state index in [0.717, 1.165) is 12.3 Å². The van der Waals surface area contributed by atoms with E-state index in [1.54, 1.807) is 12.1 Å². The second-order valence-electron chi connectivity index (χ2n) is 3.88. The molecule has 0 bridgehead atoms. The maximum absolute atomic E-state index is 12.8. The summed E-state index contributed by atoms with van der Waals surface area (Å²) in [6.45, 7) is 0. The summed E-state index contributed by atoms with van der Waals surface area (Å²) in [5.74, 6) is -0.371. The van der Waals surface area contributed by atoms with Crippen LogP contribution in [0.3, 0.4) is 0 Å². The van der Waals surface area contributed by atoms with Gasteiger partial charge in [0, 0.05) is 6.20 Å². The number of pyridine rings is 1. The zero-order chi connectivity index (χ0) is 14.0. The standard InChI is InChI=1S/C13H8BrF4N/c14-12(8-1-4-10(15)5-2-8)11-6-3-9(7-19-11)13(16,17)18/h1-7,12H. The highest BCUT2D eigenvalue weighted by Crippen LogP contribution is 2.32. The molecule has 1 aromatic heterocycles. The summed E-state index contributed by atoms with van der Waals surface area (Å²) in [6, 6.07) is 7.94. The summed E-state index contributed by atoms with van der Waals surface area (Å²) in [4.78, 5) is 3.40. The van der Waals surface area contributed by atoms with Crippen molar-refractivity contribution in [1.29, 1.82) is 0 Å². The molecule has 1 aromatic carbocycles. The van der Waals surface area contributed by atoms with Crippen molar-refractivity contribution in [2.45, 2.75) is 11.0 Å². The van der Waals surface area contributed by atoms with Crippen molar-refractivity contribution in [1.82, 2.24) is 4.98 Å². The van der Waals surface area contributed by atoms with Crippen LogP contribution in [0.15, 0.2) is 42.6 Å². The van der Waals surface area contributed by atoms with Gasteiger partial charge in [-0.1, -0.05) is 28.1 Å². The van der Waals surface area contributed by atoms with Gasteiger partial charge in [-0.15, -0.1) is 0 Å². The van der Waals surface area contributed by atoms with Gasteiger partial charge in [0.1, 0.15) is 5.82 Å². The van der Waals surface area contributed by atoms with Crippen LogP contribution in [-0.4, -0.2) is 4.98 Å². The van der Waals surface area contributed by atoms with Crippen molar-refractivity contribution in [2.24, 2.45) is 0 Å². The first-order valence-electron chi connectivity index (χ1n) is 5.30. The summed E-state index contributed by atoms with van der Waals surface area (Å²) in [5.41, 5.74) is 0.350. The number of halogens is 5. The number of hydrogen-bond acceptors (Lipinski definition) is 1. The Bertz CT molecular complexity index is 548. The number of aromatic nitrogens is 1. The zero-order valence-corrected chi connectivity index (χ0v) is 11.0. The summed E-state index contributed by atoms with van der Waals surface area (Å²) >= 11 is 3.33. The van der Waals surface area contributed by atoms with E-state index in [1.165, 1.54) is 18.2 Å². The van der Waals surface area contributed by atoms with Gasteiger partial charge in [-0.2, -0.15) is 13.2 Å². The Morgan fingerprint density at radius 2 is 1.63 bits per heavy atom. The van der Waals surface area contributed by atoms with Crippen molar-refractivity contribution < 1.29 is 17.6 Å². The molecule has 0 aliphatic rings. The quantitative estimate of drug-likeness (QED) is 0.572. The Morgan fingerprint density at radius 3 is 2.11 bits per heavy atom. The highest BCUT2D eigenvalue weighted by Gasteiger charge is 2.30. The topological polar surface area (TPSA) is 12.9 Å². The molecule has 0 radical (unpaired) electrons. The average Bonchev–Trinajstić information content (AvgIpc) is 2.38. The number of rotatable bonds is 2. The van der Waals surface area contributed by atoms with Crippen LogP contribution in [0.4, 0.5) is 17.6 Å². The number of benzene rings is 1. The zero-order valence-electron chi connectivity index (χ0n) is 9.46. The number of nitrogens with zero attached hydrogens (tertiary/aromatic N) is 1. The third-order valence-electron chi connectivity index (χ3n) is 2.54. The number of alkyl halides is 4. The molecule has 1 heterocycles. The minimum atomic E-state index is -4.40. The lowest BCUT2D eigenvalue weighted by Gasteiger charge is -2.11. The lowest BCUT2D eigenvalue weighted by Crippen LogP contribution is -2.06. The summed E-state index contributed by atoms with van der Waals surface area (Å²) < 4.78 is 50.0. The van der Waals surface area contributed by atoms with Crippen molar-refractivity contribution >= 4 is 15.9 Å². The molecule has 0 amide bonds. The highest BCUT2D eigenvalue weighted by molar-refractivity contribution is 9.09. The van der Waals surface area contributed by atoms with E-state index in [9.17, 15) is 17.6 Å². The van der Waals surface area contributed by atoms with E-state index in [4.69, 9.17) is 0 Å². The van der Waals surface area contributed by atoms with Crippen LogP contribution in [0, 0.1) is 5.82 Å². The second kappa shape index (κ2) is 5.28. The van der Waals surface area contributed by atoms with Gasteiger partial charge in [-0.05, 0) is 29.8 Å². The first-order chi connectivity index (χ1) is 8.88. The van der Waals surface area contributed by atoms with Crippen LogP contribution in [-0.2, 0) is 6.18 Å². The minimum Gasteiger partial charge on any atom is -0.259 e. The molecule has 6 heteroatoms. The Morgan fingerprint density at radius 1 is 1.00 bits per heavy atom. The summed E-state index contributed by atoms with van der Waals surface area (Å²) in [6.07, 6.45) is -3.61. The molecule has 0 N–H and O–H groups in total. The Labute approximate surface area is 115 Å². The predicted molar refractivity (Wildman–Crippen MR) is 66.4 cm³/mol. The van der Waals surface area contributed by atoms with Gasteiger partial charge in [0.2, 0.25) is 0 Å². The average molecular weight is 334 g/mol. The lowest BCUT2D eigenvalue weighted by molar-refractivity contribution is -0.137. The third-order valence-corrected chi connectivity index (χ3v) is 3.53. The van der Waals surface area contributed by atoms with Crippen molar-refractivity contribution in [3.05, 3.63) is 65.2 Å². The Balaban J connectivity index is 2.25. The summed E-state index contributed by atoms with van der Waals surface area (Å²) in [7, 11) is 0. The summed E-state index contributed by atoms with van der Waals surface area (Å²) in [5, 5.41) is 0. The van der Waals surface area contributed by atoms with Crippen LogP contribution >= 0.6 is 15.9 Å². The molecule has 1 nitrogen and oxygen atoms in total. The molecule has 0 aliphatic carbocycles. The molecule has 2 rings (SSSR count). The van der Waals surface area contributed by atoms with Gasteiger partial charge in [-0.3, -0.25) is 4.98 Å². The molecule has 19 heavy (non-hydrogen) atoms. The van der Waals surface area contributed by atoms with Gasteiger partial charge in [0.05, 0.1) is 16.1 Å². The van der Waals surface area contributed by atoms with E-state index in [1.807, 2.05) is 0 Å². The first kappa shape index (κ1) is 14.0. The van der Waals surface area contributed by atoms with Gasteiger partial charge >= 0.3 is 6.18 Å². The molecule has 1 atom stereocenters. The molecule has 100 valence electrons. The molecular weight excluding hydrogens is 326 g/mol. The van der Waals surface area contributed by atoms with Crippen molar-refractivity contribution in [3.63, 3.8) is 0 Å². The SMILES string of the molecule is Fc1ccc(C(Br)c2ccc(C(F)(F)F)cn2)cc1. The van der Waals surface area contributed by atoms with Crippen molar-refractivity contribution in [3.8, 4) is 0 Å². The largest absolute Gasteiger partial charge is 0.417 e. The van der Waals surface area contributed by atoms with E-state index < -0.39 is 11.7 Å². The molecule has 1 unspecified atom stereocenters. The van der Waals surface area contributed by atoms with Crippen LogP contribution in [0.5, 0.6) is 0 Å². The second-order valence-corrected chi connectivity index (χ2v) is 4.80. The predicted octanol–water partition coefficient (Wildman–Crippen LogP) is 4.72. The molecule has 2 aromatic rings. The molecule has 0 aliphatic heterocycles. The van der Waals surface area contributed by atoms with Crippen LogP contribution in [0.2, 0.25) is 0 Å². The number of hydrogen-bond donors (Lipinski definition) is 0. The molecule has 0 saturated heterocycles. The van der Waals surface area contributed by atoms with E-state index >= 15 is 0 Å². The first-order valence-corrected chi connectivity index (χ1v) is 6.22. The smallest absolute Gasteiger partial charge is 0.259 e. The van der Waals surface area contributed by atoms with E-state index in [0.29, 0.717) is 11.3 Å². The molecule has 0 spiro atoms. The maximum atomic E-state index is 12.8. The third kappa shape index (κ3) is 3.32. The van der Waals surface area contributed by atoms with E-state index in [2.05, 4.69) is 20.9 Å². The van der Waals surface area contributed by atoms with Crippen LogP contribution in [0.1, 0.15) is 21.6 Å². The Kier molecular flexibility index (Phi) is 3.89. The normalized spacial score (nSPS) is 13.3.